The van der Waals surface area contributed by atoms with Crippen LogP contribution >= 0.6 is 11.6 Å². The lowest BCUT2D eigenvalue weighted by Crippen LogP contribution is -2.32. The van der Waals surface area contributed by atoms with Gasteiger partial charge in [-0.1, -0.05) is 48.0 Å². The molecule has 0 spiro atoms. The topological polar surface area (TPSA) is 50.8 Å². The Morgan fingerprint density at radius 3 is 2.59 bits per heavy atom. The Balaban J connectivity index is 1.49. The summed E-state index contributed by atoms with van der Waals surface area (Å²) >= 11 is 6.36. The zero-order valence-electron chi connectivity index (χ0n) is 15.6. The number of anilines is 1. The van der Waals surface area contributed by atoms with Crippen molar-refractivity contribution in [1.29, 1.82) is 0 Å². The second-order valence-electron chi connectivity index (χ2n) is 7.02. The Kier molecular flexibility index (Phi) is 4.52. The summed E-state index contributed by atoms with van der Waals surface area (Å²) < 4.78 is 11.3. The molecule has 2 heterocycles. The van der Waals surface area contributed by atoms with Crippen LogP contribution in [0.4, 0.5) is 5.69 Å². The maximum Gasteiger partial charge on any atom is 0.256 e. The summed E-state index contributed by atoms with van der Waals surface area (Å²) in [4.78, 5) is 15.0. The van der Waals surface area contributed by atoms with Crippen molar-refractivity contribution in [2.24, 2.45) is 0 Å². The minimum absolute atomic E-state index is 0.0180. The van der Waals surface area contributed by atoms with E-state index in [1.807, 2.05) is 71.6 Å². The first-order chi connectivity index (χ1) is 14.2. The predicted molar refractivity (Wildman–Crippen MR) is 112 cm³/mol. The number of hydrogen-bond acceptors (Lipinski definition) is 4. The number of halogens is 1. The highest BCUT2D eigenvalue weighted by atomic mass is 35.5. The molecule has 5 rings (SSSR count). The summed E-state index contributed by atoms with van der Waals surface area (Å²) in [6, 6.07) is 21.0. The summed E-state index contributed by atoms with van der Waals surface area (Å²) in [6.07, 6.45) is -0.308. The van der Waals surface area contributed by atoms with Crippen LogP contribution in [0.25, 0.3) is 0 Å². The normalized spacial score (nSPS) is 17.2. The summed E-state index contributed by atoms with van der Waals surface area (Å²) in [5.74, 6) is 1.42. The minimum atomic E-state index is -0.308. The number of ether oxygens (including phenoxy) is 2. The molecule has 0 saturated heterocycles. The van der Waals surface area contributed by atoms with E-state index in [2.05, 4.69) is 5.32 Å². The zero-order chi connectivity index (χ0) is 19.8. The summed E-state index contributed by atoms with van der Waals surface area (Å²) in [7, 11) is 0. The third-order valence-corrected chi connectivity index (χ3v) is 5.57. The van der Waals surface area contributed by atoms with E-state index in [1.54, 1.807) is 0 Å². The Hall–Kier alpha value is -3.18. The largest absolute Gasteiger partial charge is 0.486 e. The molecular weight excluding hydrogens is 388 g/mol. The Morgan fingerprint density at radius 2 is 1.72 bits per heavy atom. The molecule has 0 aromatic heterocycles. The van der Waals surface area contributed by atoms with E-state index in [9.17, 15) is 4.79 Å². The van der Waals surface area contributed by atoms with Crippen LogP contribution in [0.15, 0.2) is 66.7 Å². The molecule has 6 heteroatoms. The number of carbonyl (C=O) groups excluding carboxylic acids is 1. The van der Waals surface area contributed by atoms with Gasteiger partial charge in [-0.05, 0) is 29.8 Å². The number of hydrogen-bond donors (Lipinski definition) is 1. The lowest BCUT2D eigenvalue weighted by Gasteiger charge is -2.28. The number of rotatable bonds is 4. The summed E-state index contributed by atoms with van der Waals surface area (Å²) in [5.41, 5.74) is 3.41. The van der Waals surface area contributed by atoms with Gasteiger partial charge in [0.15, 0.2) is 11.5 Å². The number of amides is 1. The molecule has 0 aliphatic carbocycles. The second-order valence-corrected chi connectivity index (χ2v) is 7.42. The van der Waals surface area contributed by atoms with Crippen molar-refractivity contribution in [3.05, 3.63) is 88.4 Å². The SMILES string of the molecule is O=C1c2ccccc2[C@@H](Nc2ccc3c(c2)OCCO3)N1Cc1ccccc1Cl. The van der Waals surface area contributed by atoms with Gasteiger partial charge in [0.05, 0.1) is 0 Å². The van der Waals surface area contributed by atoms with Crippen LogP contribution in [0.5, 0.6) is 11.5 Å². The molecule has 2 aliphatic heterocycles. The molecule has 3 aromatic rings. The van der Waals surface area contributed by atoms with Gasteiger partial charge in [-0.2, -0.15) is 0 Å². The van der Waals surface area contributed by atoms with Crippen LogP contribution in [0.3, 0.4) is 0 Å². The van der Waals surface area contributed by atoms with Crippen molar-refractivity contribution in [3.63, 3.8) is 0 Å². The van der Waals surface area contributed by atoms with Gasteiger partial charge >= 0.3 is 0 Å². The second kappa shape index (κ2) is 7.33. The first-order valence-corrected chi connectivity index (χ1v) is 9.88. The van der Waals surface area contributed by atoms with Crippen LogP contribution < -0.4 is 14.8 Å². The molecule has 0 bridgehead atoms. The highest BCUT2D eigenvalue weighted by Gasteiger charge is 2.36. The lowest BCUT2D eigenvalue weighted by atomic mass is 10.1. The van der Waals surface area contributed by atoms with Gasteiger partial charge in [0, 0.05) is 34.4 Å². The highest BCUT2D eigenvalue weighted by Crippen LogP contribution is 2.38. The van der Waals surface area contributed by atoms with E-state index >= 15 is 0 Å². The molecule has 1 atom stereocenters. The van der Waals surface area contributed by atoms with E-state index < -0.39 is 0 Å². The van der Waals surface area contributed by atoms with Crippen LogP contribution in [0.2, 0.25) is 5.02 Å². The molecule has 146 valence electrons. The fraction of sp³-hybridized carbons (Fsp3) is 0.174. The third-order valence-electron chi connectivity index (χ3n) is 5.20. The molecule has 1 N–H and O–H groups in total. The van der Waals surface area contributed by atoms with Crippen molar-refractivity contribution in [1.82, 2.24) is 4.90 Å². The molecule has 29 heavy (non-hydrogen) atoms. The van der Waals surface area contributed by atoms with Gasteiger partial charge in [-0.3, -0.25) is 4.79 Å². The van der Waals surface area contributed by atoms with Crippen LogP contribution in [-0.2, 0) is 6.54 Å². The molecule has 3 aromatic carbocycles. The minimum Gasteiger partial charge on any atom is -0.486 e. The molecule has 0 saturated carbocycles. The molecule has 5 nitrogen and oxygen atoms in total. The van der Waals surface area contributed by atoms with E-state index in [4.69, 9.17) is 21.1 Å². The van der Waals surface area contributed by atoms with E-state index in [0.29, 0.717) is 36.1 Å². The number of nitrogens with one attached hydrogen (secondary N) is 1. The van der Waals surface area contributed by atoms with Crippen molar-refractivity contribution in [2.75, 3.05) is 18.5 Å². The molecule has 0 fully saturated rings. The molecule has 0 unspecified atom stereocenters. The number of benzene rings is 3. The maximum absolute atomic E-state index is 13.1. The van der Waals surface area contributed by atoms with Gasteiger partial charge in [-0.15, -0.1) is 0 Å². The summed E-state index contributed by atoms with van der Waals surface area (Å²) in [6.45, 7) is 1.49. The number of fused-ring (bicyclic) bond motifs is 2. The first kappa shape index (κ1) is 17.9. The Bertz CT molecular complexity index is 1090. The van der Waals surface area contributed by atoms with Crippen LogP contribution in [0.1, 0.15) is 27.7 Å². The average molecular weight is 407 g/mol. The molecule has 0 radical (unpaired) electrons. The third kappa shape index (κ3) is 3.28. The van der Waals surface area contributed by atoms with Gasteiger partial charge < -0.3 is 19.7 Å². The zero-order valence-corrected chi connectivity index (χ0v) is 16.4. The lowest BCUT2D eigenvalue weighted by molar-refractivity contribution is 0.0729. The van der Waals surface area contributed by atoms with E-state index in [0.717, 1.165) is 22.6 Å². The van der Waals surface area contributed by atoms with Crippen LogP contribution in [-0.4, -0.2) is 24.0 Å². The maximum atomic E-state index is 13.1. The van der Waals surface area contributed by atoms with Crippen LogP contribution in [0, 0.1) is 0 Å². The molecule has 2 aliphatic rings. The van der Waals surface area contributed by atoms with Crippen molar-refractivity contribution < 1.29 is 14.3 Å². The smallest absolute Gasteiger partial charge is 0.256 e. The monoisotopic (exact) mass is 406 g/mol. The van der Waals surface area contributed by atoms with Gasteiger partial charge in [-0.25, -0.2) is 0 Å². The average Bonchev–Trinajstić information content (AvgIpc) is 3.01. The standard InChI is InChI=1S/C23H19ClN2O3/c24-19-8-4-1-5-15(19)14-26-22(17-6-2-3-7-18(17)23(26)27)25-16-9-10-20-21(13-16)29-12-11-28-20/h1-10,13,22,25H,11-12,14H2/t22-/m0/s1. The highest BCUT2D eigenvalue weighted by molar-refractivity contribution is 6.31. The fourth-order valence-corrected chi connectivity index (χ4v) is 3.99. The number of carbonyl (C=O) groups is 1. The first-order valence-electron chi connectivity index (χ1n) is 9.50. The molecule has 1 amide bonds. The fourth-order valence-electron chi connectivity index (χ4n) is 3.79. The van der Waals surface area contributed by atoms with Gasteiger partial charge in [0.2, 0.25) is 0 Å². The Morgan fingerprint density at radius 1 is 0.966 bits per heavy atom. The van der Waals surface area contributed by atoms with E-state index in [-0.39, 0.29) is 12.1 Å². The van der Waals surface area contributed by atoms with Crippen molar-refractivity contribution >= 4 is 23.2 Å². The molecular formula is C23H19ClN2O3. The Labute approximate surface area is 173 Å². The summed E-state index contributed by atoms with van der Waals surface area (Å²) in [5, 5.41) is 4.14. The quantitative estimate of drug-likeness (QED) is 0.671. The van der Waals surface area contributed by atoms with Crippen molar-refractivity contribution in [3.8, 4) is 11.5 Å². The van der Waals surface area contributed by atoms with Crippen molar-refractivity contribution in [2.45, 2.75) is 12.7 Å². The predicted octanol–water partition coefficient (Wildman–Crippen LogP) is 4.88. The van der Waals surface area contributed by atoms with Gasteiger partial charge in [0.25, 0.3) is 5.91 Å². The number of nitrogens with zero attached hydrogens (tertiary/aromatic N) is 1. The van der Waals surface area contributed by atoms with E-state index in [1.165, 1.54) is 0 Å². The van der Waals surface area contributed by atoms with Gasteiger partial charge in [0.1, 0.15) is 19.4 Å².